The lowest BCUT2D eigenvalue weighted by molar-refractivity contribution is -0.133. The maximum Gasteiger partial charge on any atom is 0.240 e. The molecule has 2 N–H and O–H groups in total. The molecule has 29 heavy (non-hydrogen) atoms. The van der Waals surface area contributed by atoms with Gasteiger partial charge in [0, 0.05) is 18.5 Å². The summed E-state index contributed by atoms with van der Waals surface area (Å²) < 4.78 is 19.0. The molecule has 1 amide bonds. The maximum atomic E-state index is 13.1. The highest BCUT2D eigenvalue weighted by atomic mass is 19.1. The zero-order valence-electron chi connectivity index (χ0n) is 16.7. The van der Waals surface area contributed by atoms with Crippen molar-refractivity contribution in [2.45, 2.75) is 38.0 Å². The van der Waals surface area contributed by atoms with Crippen molar-refractivity contribution < 1.29 is 13.9 Å². The predicted octanol–water partition coefficient (Wildman–Crippen LogP) is 3.71. The van der Waals surface area contributed by atoms with Gasteiger partial charge in [0.15, 0.2) is 0 Å². The van der Waals surface area contributed by atoms with Crippen LogP contribution in [0.3, 0.4) is 0 Å². The second-order valence-corrected chi connectivity index (χ2v) is 7.71. The molecule has 0 bridgehead atoms. The monoisotopic (exact) mass is 396 g/mol. The van der Waals surface area contributed by atoms with E-state index in [1.165, 1.54) is 12.1 Å². The summed E-state index contributed by atoms with van der Waals surface area (Å²) in [7, 11) is 0. The Kier molecular flexibility index (Phi) is 7.55. The van der Waals surface area contributed by atoms with E-state index in [9.17, 15) is 9.18 Å². The van der Waals surface area contributed by atoms with Gasteiger partial charge in [-0.1, -0.05) is 48.5 Å². The van der Waals surface area contributed by atoms with Crippen molar-refractivity contribution in [3.63, 3.8) is 0 Å². The minimum absolute atomic E-state index is 0.0632. The number of benzene rings is 2. The summed E-state index contributed by atoms with van der Waals surface area (Å²) in [5.41, 5.74) is 8.20. The van der Waals surface area contributed by atoms with Crippen LogP contribution < -0.4 is 5.73 Å². The minimum atomic E-state index is -0.642. The Hall–Kier alpha value is -2.50. The standard InChI is InChI=1S/C24H29FN2O2/c1-2-6-22-13-20(17-29-16-19-7-4-3-5-8-19)15-27(22)24(28)23(26)14-18-9-11-21(25)12-10-18/h2-5,7-12,20,22-23H,1,6,13-17,26H2. The summed E-state index contributed by atoms with van der Waals surface area (Å²) in [6.45, 7) is 5.65. The number of amides is 1. The van der Waals surface area contributed by atoms with Crippen LogP contribution >= 0.6 is 0 Å². The molecule has 1 heterocycles. The van der Waals surface area contributed by atoms with Crippen molar-refractivity contribution in [1.82, 2.24) is 4.90 Å². The van der Waals surface area contributed by atoms with E-state index in [-0.39, 0.29) is 23.7 Å². The molecule has 1 fully saturated rings. The van der Waals surface area contributed by atoms with E-state index in [1.807, 2.05) is 41.3 Å². The molecule has 0 spiro atoms. The fourth-order valence-electron chi connectivity index (χ4n) is 3.91. The third-order valence-electron chi connectivity index (χ3n) is 5.37. The SMILES string of the molecule is C=CCC1CC(COCc2ccccc2)CN1C(=O)C(N)Cc1ccc(F)cc1. The van der Waals surface area contributed by atoms with Crippen LogP contribution in [0.25, 0.3) is 0 Å². The molecule has 0 aliphatic carbocycles. The number of nitrogens with zero attached hydrogens (tertiary/aromatic N) is 1. The van der Waals surface area contributed by atoms with Gasteiger partial charge in [0.25, 0.3) is 0 Å². The highest BCUT2D eigenvalue weighted by Gasteiger charge is 2.36. The average Bonchev–Trinajstić information content (AvgIpc) is 3.13. The highest BCUT2D eigenvalue weighted by Crippen LogP contribution is 2.27. The lowest BCUT2D eigenvalue weighted by Gasteiger charge is -2.27. The Morgan fingerprint density at radius 3 is 2.62 bits per heavy atom. The second-order valence-electron chi connectivity index (χ2n) is 7.71. The van der Waals surface area contributed by atoms with Gasteiger partial charge in [-0.25, -0.2) is 4.39 Å². The quantitative estimate of drug-likeness (QED) is 0.658. The number of likely N-dealkylation sites (tertiary alicyclic amines) is 1. The topological polar surface area (TPSA) is 55.6 Å². The molecule has 1 saturated heterocycles. The van der Waals surface area contributed by atoms with Crippen LogP contribution in [0.5, 0.6) is 0 Å². The molecule has 3 atom stereocenters. The van der Waals surface area contributed by atoms with Crippen molar-refractivity contribution >= 4 is 5.91 Å². The van der Waals surface area contributed by atoms with Crippen molar-refractivity contribution in [3.05, 3.63) is 84.2 Å². The van der Waals surface area contributed by atoms with Crippen molar-refractivity contribution in [1.29, 1.82) is 0 Å². The molecule has 5 heteroatoms. The zero-order chi connectivity index (χ0) is 20.6. The van der Waals surface area contributed by atoms with E-state index in [0.717, 1.165) is 24.0 Å². The van der Waals surface area contributed by atoms with Crippen molar-refractivity contribution in [3.8, 4) is 0 Å². The lowest BCUT2D eigenvalue weighted by atomic mass is 10.0. The van der Waals surface area contributed by atoms with Gasteiger partial charge < -0.3 is 15.4 Å². The number of hydrogen-bond acceptors (Lipinski definition) is 3. The molecule has 0 saturated carbocycles. The second kappa shape index (κ2) is 10.3. The first-order chi connectivity index (χ1) is 14.1. The Morgan fingerprint density at radius 1 is 1.21 bits per heavy atom. The summed E-state index contributed by atoms with van der Waals surface area (Å²) >= 11 is 0. The number of ether oxygens (including phenoxy) is 1. The molecule has 3 unspecified atom stereocenters. The van der Waals surface area contributed by atoms with E-state index >= 15 is 0 Å². The first-order valence-electron chi connectivity index (χ1n) is 10.1. The summed E-state index contributed by atoms with van der Waals surface area (Å²) in [6, 6.07) is 15.7. The van der Waals surface area contributed by atoms with Crippen LogP contribution in [0.15, 0.2) is 67.3 Å². The number of carbonyl (C=O) groups excluding carboxylic acids is 1. The highest BCUT2D eigenvalue weighted by molar-refractivity contribution is 5.82. The van der Waals surface area contributed by atoms with E-state index in [0.29, 0.717) is 26.2 Å². The fraction of sp³-hybridized carbons (Fsp3) is 0.375. The number of rotatable bonds is 9. The molecule has 0 aromatic heterocycles. The lowest BCUT2D eigenvalue weighted by Crippen LogP contribution is -2.47. The number of hydrogen-bond donors (Lipinski definition) is 1. The smallest absolute Gasteiger partial charge is 0.240 e. The number of halogens is 1. The molecule has 1 aliphatic heterocycles. The van der Waals surface area contributed by atoms with E-state index in [1.54, 1.807) is 12.1 Å². The van der Waals surface area contributed by atoms with Gasteiger partial charge in [-0.3, -0.25) is 4.79 Å². The van der Waals surface area contributed by atoms with Gasteiger partial charge in [-0.2, -0.15) is 0 Å². The van der Waals surface area contributed by atoms with E-state index in [4.69, 9.17) is 10.5 Å². The molecular formula is C24H29FN2O2. The summed E-state index contributed by atoms with van der Waals surface area (Å²) in [6.07, 6.45) is 3.87. The Labute approximate surface area is 172 Å². The van der Waals surface area contributed by atoms with Gasteiger partial charge in [0.2, 0.25) is 5.91 Å². The molecule has 3 rings (SSSR count). The van der Waals surface area contributed by atoms with Crippen LogP contribution in [0.4, 0.5) is 4.39 Å². The maximum absolute atomic E-state index is 13.1. The van der Waals surface area contributed by atoms with Gasteiger partial charge in [0.05, 0.1) is 19.3 Å². The molecule has 1 aliphatic rings. The van der Waals surface area contributed by atoms with Gasteiger partial charge in [-0.05, 0) is 42.5 Å². The Balaban J connectivity index is 1.55. The first kappa shape index (κ1) is 21.2. The van der Waals surface area contributed by atoms with Crippen LogP contribution in [0.1, 0.15) is 24.0 Å². The summed E-state index contributed by atoms with van der Waals surface area (Å²) in [5, 5.41) is 0. The molecule has 2 aromatic carbocycles. The Morgan fingerprint density at radius 2 is 1.93 bits per heavy atom. The molecule has 4 nitrogen and oxygen atoms in total. The predicted molar refractivity (Wildman–Crippen MR) is 113 cm³/mol. The number of nitrogens with two attached hydrogens (primary N) is 1. The molecular weight excluding hydrogens is 367 g/mol. The first-order valence-corrected chi connectivity index (χ1v) is 10.1. The molecule has 2 aromatic rings. The van der Waals surface area contributed by atoms with Gasteiger partial charge in [0.1, 0.15) is 5.82 Å². The Bertz CT molecular complexity index is 794. The largest absolute Gasteiger partial charge is 0.376 e. The number of carbonyl (C=O) groups is 1. The van der Waals surface area contributed by atoms with Crippen LogP contribution in [-0.4, -0.2) is 36.0 Å². The van der Waals surface area contributed by atoms with Gasteiger partial charge in [-0.15, -0.1) is 6.58 Å². The average molecular weight is 397 g/mol. The van der Waals surface area contributed by atoms with E-state index < -0.39 is 6.04 Å². The minimum Gasteiger partial charge on any atom is -0.376 e. The van der Waals surface area contributed by atoms with Crippen molar-refractivity contribution in [2.75, 3.05) is 13.2 Å². The molecule has 0 radical (unpaired) electrons. The van der Waals surface area contributed by atoms with Crippen LogP contribution in [-0.2, 0) is 22.6 Å². The summed E-state index contributed by atoms with van der Waals surface area (Å²) in [4.78, 5) is 14.9. The zero-order valence-corrected chi connectivity index (χ0v) is 16.7. The van der Waals surface area contributed by atoms with E-state index in [2.05, 4.69) is 6.58 Å². The van der Waals surface area contributed by atoms with Crippen LogP contribution in [0, 0.1) is 11.7 Å². The van der Waals surface area contributed by atoms with Gasteiger partial charge >= 0.3 is 0 Å². The van der Waals surface area contributed by atoms with Crippen molar-refractivity contribution in [2.24, 2.45) is 11.7 Å². The van der Waals surface area contributed by atoms with Crippen LogP contribution in [0.2, 0.25) is 0 Å². The third-order valence-corrected chi connectivity index (χ3v) is 5.37. The summed E-state index contributed by atoms with van der Waals surface area (Å²) in [5.74, 6) is -0.0741. The fourth-order valence-corrected chi connectivity index (χ4v) is 3.91. The normalized spacial score (nSPS) is 19.9. The third kappa shape index (κ3) is 5.99. The molecule has 154 valence electrons.